The molecule has 0 aromatic heterocycles. The maximum absolute atomic E-state index is 9.77. The largest absolute Gasteiger partial charge is 0.494 e. The van der Waals surface area contributed by atoms with E-state index in [0.717, 1.165) is 25.1 Å². The minimum atomic E-state index is -0.812. The molecule has 5 nitrogen and oxygen atoms in total. The minimum absolute atomic E-state index is 0.0914. The van der Waals surface area contributed by atoms with Crippen LogP contribution < -0.4 is 4.74 Å². The van der Waals surface area contributed by atoms with Crippen LogP contribution in [0.5, 0.6) is 5.75 Å². The van der Waals surface area contributed by atoms with Crippen molar-refractivity contribution in [1.29, 1.82) is 0 Å². The summed E-state index contributed by atoms with van der Waals surface area (Å²) in [6, 6.07) is 9.73. The van der Waals surface area contributed by atoms with Gasteiger partial charge in [0.25, 0.3) is 0 Å². The third-order valence-corrected chi connectivity index (χ3v) is 3.93. The number of likely N-dealkylation sites (tertiary alicyclic amines) is 1. The average molecular weight is 295 g/mol. The predicted molar refractivity (Wildman–Crippen MR) is 80.2 cm³/mol. The first-order valence-corrected chi connectivity index (χ1v) is 7.58. The molecule has 3 atom stereocenters. The van der Waals surface area contributed by atoms with Gasteiger partial charge in [0.15, 0.2) is 0 Å². The van der Waals surface area contributed by atoms with E-state index < -0.39 is 12.2 Å². The van der Waals surface area contributed by atoms with Crippen molar-refractivity contribution < 1.29 is 20.1 Å². The van der Waals surface area contributed by atoms with Gasteiger partial charge in [0, 0.05) is 25.6 Å². The molecule has 1 aromatic rings. The highest BCUT2D eigenvalue weighted by Gasteiger charge is 2.33. The van der Waals surface area contributed by atoms with E-state index in [1.54, 1.807) is 0 Å². The Bertz CT molecular complexity index is 401. The van der Waals surface area contributed by atoms with Crippen LogP contribution >= 0.6 is 0 Å². The molecule has 1 heterocycles. The second kappa shape index (κ2) is 8.34. The molecule has 0 amide bonds. The molecular weight excluding hydrogens is 270 g/mol. The Labute approximate surface area is 125 Å². The van der Waals surface area contributed by atoms with Crippen LogP contribution in [0.2, 0.25) is 0 Å². The summed E-state index contributed by atoms with van der Waals surface area (Å²) >= 11 is 0. The van der Waals surface area contributed by atoms with Gasteiger partial charge in [-0.25, -0.2) is 0 Å². The Morgan fingerprint density at radius 2 is 1.86 bits per heavy atom. The molecule has 0 unspecified atom stereocenters. The lowest BCUT2D eigenvalue weighted by Crippen LogP contribution is -2.53. The normalized spacial score (nSPS) is 26.7. The van der Waals surface area contributed by atoms with Crippen molar-refractivity contribution in [2.75, 3.05) is 32.8 Å². The predicted octanol–water partition coefficient (Wildman–Crippen LogP) is 0.491. The van der Waals surface area contributed by atoms with E-state index in [1.807, 2.05) is 30.3 Å². The molecule has 0 aliphatic carbocycles. The smallest absolute Gasteiger partial charge is 0.119 e. The molecule has 0 saturated carbocycles. The molecule has 0 bridgehead atoms. The number of rotatable bonds is 7. The molecule has 1 aliphatic heterocycles. The first kappa shape index (κ1) is 16.2. The molecule has 1 fully saturated rings. The Hall–Kier alpha value is -1.14. The Kier molecular flexibility index (Phi) is 6.45. The van der Waals surface area contributed by atoms with Gasteiger partial charge in [-0.2, -0.15) is 0 Å². The third-order valence-electron chi connectivity index (χ3n) is 3.93. The standard InChI is InChI=1S/C16H25NO4/c18-12-13-10-17(11-15(19)16(13)20)8-4-5-9-21-14-6-2-1-3-7-14/h1-3,6-7,13,15-16,18-20H,4-5,8-12H2/t13-,15-,16-/m1/s1. The van der Waals surface area contributed by atoms with Gasteiger partial charge < -0.3 is 25.0 Å². The summed E-state index contributed by atoms with van der Waals surface area (Å²) in [7, 11) is 0. The number of nitrogens with zero attached hydrogens (tertiary/aromatic N) is 1. The lowest BCUT2D eigenvalue weighted by atomic mass is 9.93. The zero-order chi connectivity index (χ0) is 15.1. The Morgan fingerprint density at radius 3 is 2.57 bits per heavy atom. The van der Waals surface area contributed by atoms with Crippen molar-refractivity contribution in [3.63, 3.8) is 0 Å². The molecule has 0 spiro atoms. The van der Waals surface area contributed by atoms with E-state index >= 15 is 0 Å². The number of unbranched alkanes of at least 4 members (excludes halogenated alkanes) is 1. The molecule has 5 heteroatoms. The van der Waals surface area contributed by atoms with Crippen molar-refractivity contribution in [2.24, 2.45) is 5.92 Å². The summed E-state index contributed by atoms with van der Waals surface area (Å²) in [6.07, 6.45) is 0.325. The highest BCUT2D eigenvalue weighted by Crippen LogP contribution is 2.18. The number of hydrogen-bond acceptors (Lipinski definition) is 5. The van der Waals surface area contributed by atoms with Crippen LogP contribution in [0.4, 0.5) is 0 Å². The number of hydrogen-bond donors (Lipinski definition) is 3. The van der Waals surface area contributed by atoms with Crippen molar-refractivity contribution in [2.45, 2.75) is 25.0 Å². The average Bonchev–Trinajstić information content (AvgIpc) is 2.51. The molecule has 0 radical (unpaired) electrons. The second-order valence-electron chi connectivity index (χ2n) is 5.63. The van der Waals surface area contributed by atoms with Gasteiger partial charge >= 0.3 is 0 Å². The molecule has 2 rings (SSSR count). The fourth-order valence-corrected chi connectivity index (χ4v) is 2.69. The highest BCUT2D eigenvalue weighted by molar-refractivity contribution is 5.20. The summed E-state index contributed by atoms with van der Waals surface area (Å²) in [5.41, 5.74) is 0. The SMILES string of the molecule is OC[C@H]1CN(CCCCOc2ccccc2)C[C@@H](O)[C@@H]1O. The van der Waals surface area contributed by atoms with Gasteiger partial charge in [0.1, 0.15) is 5.75 Å². The fourth-order valence-electron chi connectivity index (χ4n) is 2.69. The first-order valence-electron chi connectivity index (χ1n) is 7.58. The van der Waals surface area contributed by atoms with Crippen LogP contribution in [0.15, 0.2) is 30.3 Å². The zero-order valence-electron chi connectivity index (χ0n) is 12.3. The van der Waals surface area contributed by atoms with E-state index in [4.69, 9.17) is 4.74 Å². The Morgan fingerprint density at radius 1 is 1.10 bits per heavy atom. The maximum atomic E-state index is 9.77. The summed E-state index contributed by atoms with van der Waals surface area (Å²) in [4.78, 5) is 2.10. The van der Waals surface area contributed by atoms with Crippen LogP contribution in [-0.4, -0.2) is 65.3 Å². The first-order chi connectivity index (χ1) is 10.2. The molecule has 118 valence electrons. The van der Waals surface area contributed by atoms with Crippen molar-refractivity contribution in [1.82, 2.24) is 4.90 Å². The van der Waals surface area contributed by atoms with Gasteiger partial charge in [-0.1, -0.05) is 18.2 Å². The number of para-hydroxylation sites is 1. The lowest BCUT2D eigenvalue weighted by molar-refractivity contribution is -0.0862. The van der Waals surface area contributed by atoms with Gasteiger partial charge in [-0.05, 0) is 31.5 Å². The van der Waals surface area contributed by atoms with Gasteiger partial charge in [-0.3, -0.25) is 0 Å². The summed E-state index contributed by atoms with van der Waals surface area (Å²) in [6.45, 7) is 2.53. The van der Waals surface area contributed by atoms with Crippen molar-refractivity contribution >= 4 is 0 Å². The number of aliphatic hydroxyl groups excluding tert-OH is 3. The van der Waals surface area contributed by atoms with Gasteiger partial charge in [-0.15, -0.1) is 0 Å². The summed E-state index contributed by atoms with van der Waals surface area (Å²) in [5.74, 6) is 0.628. The van der Waals surface area contributed by atoms with E-state index in [-0.39, 0.29) is 12.5 Å². The Balaban J connectivity index is 1.62. The quantitative estimate of drug-likeness (QED) is 0.639. The monoisotopic (exact) mass is 295 g/mol. The molecule has 1 saturated heterocycles. The van der Waals surface area contributed by atoms with Crippen LogP contribution in [0.25, 0.3) is 0 Å². The van der Waals surface area contributed by atoms with Crippen molar-refractivity contribution in [3.8, 4) is 5.75 Å². The second-order valence-corrected chi connectivity index (χ2v) is 5.63. The molecule has 1 aromatic carbocycles. The topological polar surface area (TPSA) is 73.2 Å². The maximum Gasteiger partial charge on any atom is 0.119 e. The number of ether oxygens (including phenoxy) is 1. The molecule has 1 aliphatic rings. The van der Waals surface area contributed by atoms with Crippen LogP contribution in [-0.2, 0) is 0 Å². The molecular formula is C16H25NO4. The highest BCUT2D eigenvalue weighted by atomic mass is 16.5. The fraction of sp³-hybridized carbons (Fsp3) is 0.625. The summed E-state index contributed by atoms with van der Waals surface area (Å²) in [5, 5.41) is 28.7. The van der Waals surface area contributed by atoms with Gasteiger partial charge in [0.2, 0.25) is 0 Å². The molecule has 3 N–H and O–H groups in total. The van der Waals surface area contributed by atoms with E-state index in [2.05, 4.69) is 4.90 Å². The van der Waals surface area contributed by atoms with Crippen LogP contribution in [0.3, 0.4) is 0 Å². The van der Waals surface area contributed by atoms with Crippen LogP contribution in [0, 0.1) is 5.92 Å². The van der Waals surface area contributed by atoms with Gasteiger partial charge in [0.05, 0.1) is 18.8 Å². The lowest BCUT2D eigenvalue weighted by Gasteiger charge is -2.38. The number of piperidine rings is 1. The van der Waals surface area contributed by atoms with E-state index in [0.29, 0.717) is 19.7 Å². The zero-order valence-corrected chi connectivity index (χ0v) is 12.3. The number of β-amino-alcohol motifs (C(OH)–C–C–N with tert-alkyl or cyclic N) is 1. The third kappa shape index (κ3) is 4.97. The molecule has 21 heavy (non-hydrogen) atoms. The number of aliphatic hydroxyl groups is 3. The van der Waals surface area contributed by atoms with Crippen LogP contribution in [0.1, 0.15) is 12.8 Å². The minimum Gasteiger partial charge on any atom is -0.494 e. The number of benzene rings is 1. The summed E-state index contributed by atoms with van der Waals surface area (Å²) < 4.78 is 5.63. The van der Waals surface area contributed by atoms with E-state index in [9.17, 15) is 15.3 Å². The van der Waals surface area contributed by atoms with Crippen molar-refractivity contribution in [3.05, 3.63) is 30.3 Å². The van der Waals surface area contributed by atoms with E-state index in [1.165, 1.54) is 0 Å².